The lowest BCUT2D eigenvalue weighted by atomic mass is 9.78. The quantitative estimate of drug-likeness (QED) is 0.611. The average Bonchev–Trinajstić information content (AvgIpc) is 1.99. The third-order valence-corrected chi connectivity index (χ3v) is 2.42. The van der Waals surface area contributed by atoms with Gasteiger partial charge in [-0.2, -0.15) is 0 Å². The summed E-state index contributed by atoms with van der Waals surface area (Å²) >= 11 is 0. The standard InChI is InChI=1S/C10H21BO2/c1-8(2)10(5,6)13-11(12-7)9(3)4/h8H,3H2,1-2,4-7H3. The minimum Gasteiger partial charge on any atom is -0.410 e. The van der Waals surface area contributed by atoms with Gasteiger partial charge in [0.1, 0.15) is 0 Å². The van der Waals surface area contributed by atoms with Crippen molar-refractivity contribution in [3.8, 4) is 0 Å². The maximum absolute atomic E-state index is 5.79. The maximum Gasteiger partial charge on any atom is 0.488 e. The Hall–Kier alpha value is -0.275. The van der Waals surface area contributed by atoms with E-state index >= 15 is 0 Å². The highest BCUT2D eigenvalue weighted by Crippen LogP contribution is 2.22. The second kappa shape index (κ2) is 4.82. The lowest BCUT2D eigenvalue weighted by molar-refractivity contribution is 0.0355. The predicted octanol–water partition coefficient (Wildman–Crippen LogP) is 2.69. The van der Waals surface area contributed by atoms with Crippen LogP contribution in [0.15, 0.2) is 12.1 Å². The SMILES string of the molecule is C=C(C)B(OC)OC(C)(C)C(C)C. The topological polar surface area (TPSA) is 18.5 Å². The van der Waals surface area contributed by atoms with E-state index < -0.39 is 0 Å². The fourth-order valence-electron chi connectivity index (χ4n) is 0.762. The van der Waals surface area contributed by atoms with Crippen LogP contribution in [0, 0.1) is 5.92 Å². The summed E-state index contributed by atoms with van der Waals surface area (Å²) < 4.78 is 11.0. The number of rotatable bonds is 5. The van der Waals surface area contributed by atoms with Crippen LogP contribution in [0.1, 0.15) is 34.6 Å². The summed E-state index contributed by atoms with van der Waals surface area (Å²) in [5.74, 6) is 0.449. The lowest BCUT2D eigenvalue weighted by Crippen LogP contribution is -2.39. The Morgan fingerprint density at radius 1 is 1.38 bits per heavy atom. The summed E-state index contributed by atoms with van der Waals surface area (Å²) in [6.07, 6.45) is 0. The number of allylic oxidation sites excluding steroid dienone is 1. The van der Waals surface area contributed by atoms with Gasteiger partial charge in [0, 0.05) is 7.11 Å². The second-order valence-corrected chi connectivity index (χ2v) is 4.29. The molecule has 0 aromatic heterocycles. The molecule has 0 N–H and O–H groups in total. The van der Waals surface area contributed by atoms with E-state index in [2.05, 4.69) is 34.3 Å². The lowest BCUT2D eigenvalue weighted by Gasteiger charge is -2.32. The summed E-state index contributed by atoms with van der Waals surface area (Å²) in [5, 5.41) is 0. The zero-order chi connectivity index (χ0) is 10.6. The molecule has 0 aromatic carbocycles. The average molecular weight is 184 g/mol. The molecule has 0 fully saturated rings. The minimum atomic E-state index is -0.294. The Morgan fingerprint density at radius 3 is 2.08 bits per heavy atom. The van der Waals surface area contributed by atoms with Crippen molar-refractivity contribution in [1.82, 2.24) is 0 Å². The number of hydrogen-bond acceptors (Lipinski definition) is 2. The fraction of sp³-hybridized carbons (Fsp3) is 0.800. The largest absolute Gasteiger partial charge is 0.488 e. The van der Waals surface area contributed by atoms with Crippen LogP contribution in [-0.2, 0) is 9.31 Å². The molecule has 2 nitrogen and oxygen atoms in total. The molecule has 0 heterocycles. The van der Waals surface area contributed by atoms with Crippen LogP contribution >= 0.6 is 0 Å². The van der Waals surface area contributed by atoms with Crippen LogP contribution in [0.2, 0.25) is 0 Å². The molecule has 0 rings (SSSR count). The van der Waals surface area contributed by atoms with Crippen molar-refractivity contribution in [1.29, 1.82) is 0 Å². The number of hydrogen-bond donors (Lipinski definition) is 0. The van der Waals surface area contributed by atoms with Crippen molar-refractivity contribution in [2.75, 3.05) is 7.11 Å². The molecule has 0 amide bonds. The molecule has 0 aliphatic carbocycles. The van der Waals surface area contributed by atoms with Gasteiger partial charge in [0.05, 0.1) is 5.60 Å². The third-order valence-electron chi connectivity index (χ3n) is 2.42. The van der Waals surface area contributed by atoms with Crippen LogP contribution in [0.25, 0.3) is 0 Å². The molecule has 0 aromatic rings. The summed E-state index contributed by atoms with van der Waals surface area (Å²) in [4.78, 5) is 0. The van der Waals surface area contributed by atoms with Crippen LogP contribution in [0.4, 0.5) is 0 Å². The van der Waals surface area contributed by atoms with Crippen LogP contribution in [-0.4, -0.2) is 19.8 Å². The van der Waals surface area contributed by atoms with E-state index in [0.717, 1.165) is 5.47 Å². The predicted molar refractivity (Wildman–Crippen MR) is 57.6 cm³/mol. The Balaban J connectivity index is 4.30. The van der Waals surface area contributed by atoms with Gasteiger partial charge in [0.25, 0.3) is 0 Å². The first-order chi connectivity index (χ1) is 5.81. The highest BCUT2D eigenvalue weighted by atomic mass is 16.6. The van der Waals surface area contributed by atoms with Gasteiger partial charge in [0.2, 0.25) is 0 Å². The summed E-state index contributed by atoms with van der Waals surface area (Å²) in [5.41, 5.74) is 0.718. The summed E-state index contributed by atoms with van der Waals surface area (Å²) in [6.45, 7) is 14.1. The Kier molecular flexibility index (Phi) is 4.72. The van der Waals surface area contributed by atoms with Crippen LogP contribution in [0.5, 0.6) is 0 Å². The van der Waals surface area contributed by atoms with Gasteiger partial charge >= 0.3 is 7.12 Å². The molecule has 0 saturated carbocycles. The fourth-order valence-corrected chi connectivity index (χ4v) is 0.762. The molecule has 0 atom stereocenters. The molecule has 0 aliphatic heterocycles. The minimum absolute atomic E-state index is 0.181. The van der Waals surface area contributed by atoms with E-state index in [1.807, 2.05) is 6.92 Å². The van der Waals surface area contributed by atoms with E-state index in [4.69, 9.17) is 9.31 Å². The van der Waals surface area contributed by atoms with Gasteiger partial charge in [-0.05, 0) is 26.7 Å². The molecular weight excluding hydrogens is 163 g/mol. The Labute approximate surface area is 82.5 Å². The van der Waals surface area contributed by atoms with Gasteiger partial charge in [-0.15, -0.1) is 6.58 Å². The van der Waals surface area contributed by atoms with E-state index in [1.165, 1.54) is 0 Å². The molecule has 13 heavy (non-hydrogen) atoms. The molecule has 0 unspecified atom stereocenters. The van der Waals surface area contributed by atoms with Crippen molar-refractivity contribution < 1.29 is 9.31 Å². The highest BCUT2D eigenvalue weighted by molar-refractivity contribution is 6.53. The van der Waals surface area contributed by atoms with Crippen LogP contribution < -0.4 is 0 Å². The van der Waals surface area contributed by atoms with Crippen molar-refractivity contribution in [3.63, 3.8) is 0 Å². The smallest absolute Gasteiger partial charge is 0.410 e. The summed E-state index contributed by atoms with van der Waals surface area (Å²) in [6, 6.07) is 0. The Bertz CT molecular complexity index is 176. The van der Waals surface area contributed by atoms with Crippen molar-refractivity contribution in [3.05, 3.63) is 12.1 Å². The first-order valence-electron chi connectivity index (χ1n) is 4.67. The molecule has 0 radical (unpaired) electrons. The molecule has 0 bridgehead atoms. The zero-order valence-corrected chi connectivity index (χ0v) is 9.68. The van der Waals surface area contributed by atoms with Crippen molar-refractivity contribution >= 4 is 7.12 Å². The van der Waals surface area contributed by atoms with Gasteiger partial charge in [0.15, 0.2) is 0 Å². The molecular formula is C10H21BO2. The highest BCUT2D eigenvalue weighted by Gasteiger charge is 2.30. The normalized spacial score (nSPS) is 11.9. The van der Waals surface area contributed by atoms with E-state index in [-0.39, 0.29) is 12.7 Å². The van der Waals surface area contributed by atoms with Gasteiger partial charge in [-0.1, -0.05) is 19.3 Å². The van der Waals surface area contributed by atoms with Crippen molar-refractivity contribution in [2.24, 2.45) is 5.92 Å². The van der Waals surface area contributed by atoms with Crippen LogP contribution in [0.3, 0.4) is 0 Å². The van der Waals surface area contributed by atoms with E-state index in [1.54, 1.807) is 7.11 Å². The first kappa shape index (κ1) is 12.7. The summed E-state index contributed by atoms with van der Waals surface area (Å²) in [7, 11) is 1.34. The molecule has 76 valence electrons. The zero-order valence-electron chi connectivity index (χ0n) is 9.68. The maximum atomic E-state index is 5.79. The second-order valence-electron chi connectivity index (χ2n) is 4.29. The van der Waals surface area contributed by atoms with Gasteiger partial charge < -0.3 is 9.31 Å². The van der Waals surface area contributed by atoms with E-state index in [9.17, 15) is 0 Å². The van der Waals surface area contributed by atoms with E-state index in [0.29, 0.717) is 5.92 Å². The molecule has 0 spiro atoms. The van der Waals surface area contributed by atoms with Crippen molar-refractivity contribution in [2.45, 2.75) is 40.2 Å². The Morgan fingerprint density at radius 2 is 1.85 bits per heavy atom. The first-order valence-corrected chi connectivity index (χ1v) is 4.67. The molecule has 0 saturated heterocycles. The van der Waals surface area contributed by atoms with Gasteiger partial charge in [-0.25, -0.2) is 0 Å². The molecule has 3 heteroatoms. The van der Waals surface area contributed by atoms with Gasteiger partial charge in [-0.3, -0.25) is 0 Å². The monoisotopic (exact) mass is 184 g/mol. The molecule has 0 aliphatic rings. The third kappa shape index (κ3) is 3.96.